The van der Waals surface area contributed by atoms with Crippen LogP contribution in [0.2, 0.25) is 0 Å². The van der Waals surface area contributed by atoms with Gasteiger partial charge in [0.1, 0.15) is 5.76 Å². The molecule has 1 saturated heterocycles. The molecule has 1 saturated carbocycles. The van der Waals surface area contributed by atoms with E-state index in [2.05, 4.69) is 27.8 Å². The second kappa shape index (κ2) is 11.8. The Hall–Kier alpha value is -2.22. The molecule has 1 aromatic rings. The number of alkyl carbamates (subject to hydrolysis) is 1. The van der Waals surface area contributed by atoms with Gasteiger partial charge in [-0.05, 0) is 70.7 Å². The van der Waals surface area contributed by atoms with Gasteiger partial charge in [0.15, 0.2) is 5.96 Å². The zero-order valence-corrected chi connectivity index (χ0v) is 18.4. The van der Waals surface area contributed by atoms with Gasteiger partial charge < -0.3 is 25.1 Å². The predicted octanol–water partition coefficient (Wildman–Crippen LogP) is 2.89. The first kappa shape index (κ1) is 22.5. The molecule has 30 heavy (non-hydrogen) atoms. The van der Waals surface area contributed by atoms with Crippen LogP contribution in [0.5, 0.6) is 0 Å². The van der Waals surface area contributed by atoms with Crippen molar-refractivity contribution in [3.63, 3.8) is 0 Å². The summed E-state index contributed by atoms with van der Waals surface area (Å²) in [5.74, 6) is 2.24. The fourth-order valence-corrected chi connectivity index (χ4v) is 3.98. The lowest BCUT2D eigenvalue weighted by Crippen LogP contribution is -2.48. The smallest absolute Gasteiger partial charge is 0.407 e. The van der Waals surface area contributed by atoms with E-state index in [9.17, 15) is 4.79 Å². The largest absolute Gasteiger partial charge is 0.468 e. The molecule has 1 amide bonds. The lowest BCUT2D eigenvalue weighted by atomic mass is 10.1. The molecular weight excluding hydrogens is 382 g/mol. The zero-order chi connectivity index (χ0) is 21.2. The molecule has 2 fully saturated rings. The van der Waals surface area contributed by atoms with Crippen LogP contribution in [0, 0.1) is 5.92 Å². The van der Waals surface area contributed by atoms with Gasteiger partial charge in [-0.25, -0.2) is 4.79 Å². The molecule has 0 aromatic carbocycles. The summed E-state index contributed by atoms with van der Waals surface area (Å²) in [4.78, 5) is 19.2. The summed E-state index contributed by atoms with van der Waals surface area (Å²) >= 11 is 0. The summed E-state index contributed by atoms with van der Waals surface area (Å²) in [5.41, 5.74) is 0. The first-order chi connectivity index (χ1) is 14.7. The number of hydrogen-bond donors (Lipinski definition) is 3. The van der Waals surface area contributed by atoms with Gasteiger partial charge in [-0.1, -0.05) is 6.42 Å². The van der Waals surface area contributed by atoms with Crippen LogP contribution < -0.4 is 16.0 Å². The fourth-order valence-electron chi connectivity index (χ4n) is 3.98. The standard InChI is InChI=1S/C22H37N5O3/c1-3-23-21(24-15-18(17-10-11-17)26-22(28)29-4-2)25-16-19(20-9-8-14-30-20)27-12-6-5-7-13-27/h8-9,14,17-19H,3-7,10-13,15-16H2,1-2H3,(H,26,28)(H2,23,24,25). The van der Waals surface area contributed by atoms with Gasteiger partial charge >= 0.3 is 6.09 Å². The Morgan fingerprint density at radius 2 is 2.07 bits per heavy atom. The van der Waals surface area contributed by atoms with Gasteiger partial charge in [0, 0.05) is 13.1 Å². The Morgan fingerprint density at radius 3 is 2.70 bits per heavy atom. The summed E-state index contributed by atoms with van der Waals surface area (Å²) in [6, 6.07) is 4.19. The van der Waals surface area contributed by atoms with Crippen LogP contribution in [-0.4, -0.2) is 62.3 Å². The second-order valence-corrected chi connectivity index (χ2v) is 8.04. The van der Waals surface area contributed by atoms with Crippen molar-refractivity contribution in [2.75, 3.05) is 39.3 Å². The van der Waals surface area contributed by atoms with Crippen molar-refractivity contribution in [2.24, 2.45) is 10.9 Å². The van der Waals surface area contributed by atoms with E-state index < -0.39 is 0 Å². The van der Waals surface area contributed by atoms with Crippen LogP contribution in [0.3, 0.4) is 0 Å². The molecule has 1 aliphatic carbocycles. The van der Waals surface area contributed by atoms with Crippen molar-refractivity contribution in [1.29, 1.82) is 0 Å². The van der Waals surface area contributed by atoms with Crippen molar-refractivity contribution in [3.05, 3.63) is 24.2 Å². The van der Waals surface area contributed by atoms with Gasteiger partial charge in [0.05, 0.1) is 31.5 Å². The highest BCUT2D eigenvalue weighted by Crippen LogP contribution is 2.32. The van der Waals surface area contributed by atoms with Gasteiger partial charge in [-0.15, -0.1) is 0 Å². The number of nitrogens with one attached hydrogen (secondary N) is 3. The van der Waals surface area contributed by atoms with E-state index in [-0.39, 0.29) is 18.2 Å². The minimum absolute atomic E-state index is 0.0517. The van der Waals surface area contributed by atoms with Crippen LogP contribution in [0.1, 0.15) is 57.8 Å². The Labute approximate surface area is 179 Å². The lowest BCUT2D eigenvalue weighted by molar-refractivity contribution is 0.146. The van der Waals surface area contributed by atoms with Gasteiger partial charge in [0.2, 0.25) is 0 Å². The summed E-state index contributed by atoms with van der Waals surface area (Å²) in [5, 5.41) is 9.72. The Kier molecular flexibility index (Phi) is 8.86. The number of carbonyl (C=O) groups excluding carboxylic acids is 1. The molecule has 8 nitrogen and oxygen atoms in total. The minimum Gasteiger partial charge on any atom is -0.468 e. The number of carbonyl (C=O) groups is 1. The predicted molar refractivity (Wildman–Crippen MR) is 118 cm³/mol. The molecule has 0 radical (unpaired) electrons. The number of rotatable bonds is 10. The molecular formula is C22H37N5O3. The van der Waals surface area contributed by atoms with Gasteiger partial charge in [-0.2, -0.15) is 0 Å². The highest BCUT2D eigenvalue weighted by atomic mass is 16.5. The Morgan fingerprint density at radius 1 is 1.27 bits per heavy atom. The number of aliphatic imine (C=N–C) groups is 1. The third-order valence-electron chi connectivity index (χ3n) is 5.73. The molecule has 2 heterocycles. The maximum atomic E-state index is 11.9. The molecule has 0 spiro atoms. The topological polar surface area (TPSA) is 91.1 Å². The number of guanidine groups is 1. The highest BCUT2D eigenvalue weighted by Gasteiger charge is 2.32. The summed E-state index contributed by atoms with van der Waals surface area (Å²) in [6.45, 7) is 8.45. The van der Waals surface area contributed by atoms with E-state index in [1.54, 1.807) is 6.26 Å². The molecule has 2 unspecified atom stereocenters. The van der Waals surface area contributed by atoms with Crippen molar-refractivity contribution in [1.82, 2.24) is 20.9 Å². The molecule has 0 bridgehead atoms. The SMILES string of the molecule is CCNC(=NCC(c1ccco1)N1CCCCC1)NCC(NC(=O)OCC)C1CC1. The number of likely N-dealkylation sites (tertiary alicyclic amines) is 1. The summed E-state index contributed by atoms with van der Waals surface area (Å²) in [6.07, 6.45) is 7.42. The molecule has 3 rings (SSSR count). The quantitative estimate of drug-likeness (QED) is 0.399. The molecule has 8 heteroatoms. The number of furan rings is 1. The zero-order valence-electron chi connectivity index (χ0n) is 18.4. The number of ether oxygens (including phenoxy) is 1. The average Bonchev–Trinajstić information content (AvgIpc) is 3.46. The third-order valence-corrected chi connectivity index (χ3v) is 5.73. The minimum atomic E-state index is -0.346. The maximum absolute atomic E-state index is 11.9. The fraction of sp³-hybridized carbons (Fsp3) is 0.727. The first-order valence-electron chi connectivity index (χ1n) is 11.4. The molecule has 1 aromatic heterocycles. The highest BCUT2D eigenvalue weighted by molar-refractivity contribution is 5.80. The van der Waals surface area contributed by atoms with E-state index in [1.807, 2.05) is 19.1 Å². The van der Waals surface area contributed by atoms with E-state index in [0.29, 0.717) is 25.6 Å². The normalized spacial score (nSPS) is 19.7. The number of piperidine rings is 1. The van der Waals surface area contributed by atoms with E-state index in [1.165, 1.54) is 19.3 Å². The monoisotopic (exact) mass is 419 g/mol. The van der Waals surface area contributed by atoms with Crippen LogP contribution in [0.25, 0.3) is 0 Å². The van der Waals surface area contributed by atoms with Crippen molar-refractivity contribution in [3.8, 4) is 0 Å². The number of hydrogen-bond acceptors (Lipinski definition) is 5. The Balaban J connectivity index is 1.60. The number of nitrogens with zero attached hydrogens (tertiary/aromatic N) is 2. The Bertz CT molecular complexity index is 654. The first-order valence-corrected chi connectivity index (χ1v) is 11.4. The molecule has 2 atom stereocenters. The second-order valence-electron chi connectivity index (χ2n) is 8.04. The lowest BCUT2D eigenvalue weighted by Gasteiger charge is -2.32. The van der Waals surface area contributed by atoms with E-state index in [4.69, 9.17) is 14.1 Å². The van der Waals surface area contributed by atoms with E-state index in [0.717, 1.165) is 44.2 Å². The van der Waals surface area contributed by atoms with Crippen molar-refractivity contribution < 1.29 is 13.9 Å². The number of amides is 1. The summed E-state index contributed by atoms with van der Waals surface area (Å²) in [7, 11) is 0. The van der Waals surface area contributed by atoms with E-state index >= 15 is 0 Å². The van der Waals surface area contributed by atoms with Crippen LogP contribution in [0.15, 0.2) is 27.8 Å². The molecule has 2 aliphatic rings. The van der Waals surface area contributed by atoms with Crippen LogP contribution in [-0.2, 0) is 4.74 Å². The van der Waals surface area contributed by atoms with Crippen LogP contribution in [0.4, 0.5) is 4.79 Å². The maximum Gasteiger partial charge on any atom is 0.407 e. The summed E-state index contributed by atoms with van der Waals surface area (Å²) < 4.78 is 10.8. The third kappa shape index (κ3) is 6.93. The van der Waals surface area contributed by atoms with Gasteiger partial charge in [-0.3, -0.25) is 9.89 Å². The molecule has 168 valence electrons. The van der Waals surface area contributed by atoms with Crippen LogP contribution >= 0.6 is 0 Å². The van der Waals surface area contributed by atoms with Crippen molar-refractivity contribution >= 4 is 12.1 Å². The average molecular weight is 420 g/mol. The van der Waals surface area contributed by atoms with Gasteiger partial charge in [0.25, 0.3) is 0 Å². The van der Waals surface area contributed by atoms with Crippen molar-refractivity contribution in [2.45, 2.75) is 58.0 Å². The molecule has 1 aliphatic heterocycles. The molecule has 3 N–H and O–H groups in total.